The molecule has 0 amide bonds. The van der Waals surface area contributed by atoms with Gasteiger partial charge in [-0.1, -0.05) is 17.5 Å². The first-order valence-electron chi connectivity index (χ1n) is 4.67. The minimum absolute atomic E-state index is 0.604. The zero-order valence-electron chi connectivity index (χ0n) is 8.16. The van der Waals surface area contributed by atoms with Crippen molar-refractivity contribution in [2.24, 2.45) is 0 Å². The summed E-state index contributed by atoms with van der Waals surface area (Å²) in [6.45, 7) is 0. The standard InChI is InChI=1S/C12H6ClN3/c1-2-8-4-9-10-3-7(13)5-15-12(10)16-11(9)6-14-8/h1,3-6H,(H,15,16). The molecular formula is C12H6ClN3. The van der Waals surface area contributed by atoms with Crippen LogP contribution in [-0.4, -0.2) is 15.0 Å². The van der Waals surface area contributed by atoms with Gasteiger partial charge in [-0.15, -0.1) is 6.42 Å². The molecule has 76 valence electrons. The van der Waals surface area contributed by atoms with Gasteiger partial charge >= 0.3 is 0 Å². The van der Waals surface area contributed by atoms with Gasteiger partial charge in [0, 0.05) is 17.0 Å². The third-order valence-electron chi connectivity index (χ3n) is 2.45. The first-order chi connectivity index (χ1) is 7.78. The molecule has 0 aromatic carbocycles. The highest BCUT2D eigenvalue weighted by Gasteiger charge is 2.06. The van der Waals surface area contributed by atoms with Crippen LogP contribution in [0.25, 0.3) is 21.9 Å². The molecule has 0 spiro atoms. The van der Waals surface area contributed by atoms with Crippen LogP contribution in [0.1, 0.15) is 5.69 Å². The van der Waals surface area contributed by atoms with E-state index in [1.807, 2.05) is 12.1 Å². The van der Waals surface area contributed by atoms with Crippen molar-refractivity contribution in [2.75, 3.05) is 0 Å². The fourth-order valence-corrected chi connectivity index (χ4v) is 1.89. The molecule has 3 aromatic rings. The highest BCUT2D eigenvalue weighted by atomic mass is 35.5. The molecule has 0 saturated carbocycles. The number of nitrogens with zero attached hydrogens (tertiary/aromatic N) is 2. The van der Waals surface area contributed by atoms with E-state index in [4.69, 9.17) is 18.0 Å². The van der Waals surface area contributed by atoms with Crippen molar-refractivity contribution in [2.45, 2.75) is 0 Å². The maximum absolute atomic E-state index is 5.92. The van der Waals surface area contributed by atoms with E-state index in [2.05, 4.69) is 20.9 Å². The minimum atomic E-state index is 0.604. The lowest BCUT2D eigenvalue weighted by molar-refractivity contribution is 1.29. The smallest absolute Gasteiger partial charge is 0.138 e. The van der Waals surface area contributed by atoms with Crippen LogP contribution in [0.3, 0.4) is 0 Å². The van der Waals surface area contributed by atoms with Gasteiger partial charge in [-0.2, -0.15) is 0 Å². The highest BCUT2D eigenvalue weighted by molar-refractivity contribution is 6.31. The second-order valence-corrected chi connectivity index (χ2v) is 3.87. The zero-order chi connectivity index (χ0) is 11.1. The Morgan fingerprint density at radius 3 is 2.88 bits per heavy atom. The number of hydrogen-bond donors (Lipinski definition) is 1. The predicted molar refractivity (Wildman–Crippen MR) is 64.3 cm³/mol. The van der Waals surface area contributed by atoms with E-state index in [1.165, 1.54) is 0 Å². The summed E-state index contributed by atoms with van der Waals surface area (Å²) in [5.41, 5.74) is 2.30. The largest absolute Gasteiger partial charge is 0.338 e. The minimum Gasteiger partial charge on any atom is -0.338 e. The average Bonchev–Trinajstić information content (AvgIpc) is 2.66. The van der Waals surface area contributed by atoms with Crippen molar-refractivity contribution < 1.29 is 0 Å². The van der Waals surface area contributed by atoms with Crippen molar-refractivity contribution in [1.82, 2.24) is 15.0 Å². The van der Waals surface area contributed by atoms with Crippen LogP contribution in [-0.2, 0) is 0 Å². The summed E-state index contributed by atoms with van der Waals surface area (Å²) < 4.78 is 0. The molecule has 0 fully saturated rings. The zero-order valence-corrected chi connectivity index (χ0v) is 8.92. The van der Waals surface area contributed by atoms with Crippen LogP contribution in [0.2, 0.25) is 5.02 Å². The molecule has 3 nitrogen and oxygen atoms in total. The third-order valence-corrected chi connectivity index (χ3v) is 2.66. The Balaban J connectivity index is 2.50. The lowest BCUT2D eigenvalue weighted by Crippen LogP contribution is -1.80. The number of pyridine rings is 2. The number of fused-ring (bicyclic) bond motifs is 3. The molecule has 0 unspecified atom stereocenters. The van der Waals surface area contributed by atoms with Gasteiger partial charge in [0.1, 0.15) is 11.3 Å². The molecule has 0 radical (unpaired) electrons. The van der Waals surface area contributed by atoms with Crippen LogP contribution in [0.5, 0.6) is 0 Å². The molecule has 0 saturated heterocycles. The van der Waals surface area contributed by atoms with Gasteiger partial charge in [-0.25, -0.2) is 9.97 Å². The van der Waals surface area contributed by atoms with E-state index in [-0.39, 0.29) is 0 Å². The summed E-state index contributed by atoms with van der Waals surface area (Å²) in [5.74, 6) is 2.51. The average molecular weight is 228 g/mol. The summed E-state index contributed by atoms with van der Waals surface area (Å²) in [6, 6.07) is 3.72. The number of aromatic nitrogens is 3. The number of terminal acetylenes is 1. The topological polar surface area (TPSA) is 41.6 Å². The van der Waals surface area contributed by atoms with Crippen molar-refractivity contribution in [1.29, 1.82) is 0 Å². The Kier molecular flexibility index (Phi) is 1.85. The van der Waals surface area contributed by atoms with E-state index in [0.29, 0.717) is 10.7 Å². The predicted octanol–water partition coefficient (Wildman–Crippen LogP) is 2.75. The Labute approximate surface area is 96.5 Å². The maximum atomic E-state index is 5.92. The lowest BCUT2D eigenvalue weighted by atomic mass is 10.2. The first-order valence-corrected chi connectivity index (χ1v) is 5.05. The van der Waals surface area contributed by atoms with Crippen LogP contribution in [0.4, 0.5) is 0 Å². The number of nitrogens with one attached hydrogen (secondary N) is 1. The molecule has 0 aliphatic carbocycles. The summed E-state index contributed by atoms with van der Waals surface area (Å²) in [5, 5.41) is 2.56. The normalized spacial score (nSPS) is 10.8. The van der Waals surface area contributed by atoms with E-state index in [1.54, 1.807) is 12.4 Å². The number of halogens is 1. The molecule has 0 bridgehead atoms. The Hall–Kier alpha value is -2.05. The fourth-order valence-electron chi connectivity index (χ4n) is 1.73. The van der Waals surface area contributed by atoms with Gasteiger partial charge in [0.25, 0.3) is 0 Å². The van der Waals surface area contributed by atoms with Gasteiger partial charge in [0.2, 0.25) is 0 Å². The second kappa shape index (κ2) is 3.22. The summed E-state index contributed by atoms with van der Waals surface area (Å²) in [7, 11) is 0. The molecule has 0 aliphatic heterocycles. The molecule has 3 rings (SSSR count). The molecular weight excluding hydrogens is 222 g/mol. The SMILES string of the molecule is C#Cc1cc2c(cn1)[nH]c1ncc(Cl)cc12. The van der Waals surface area contributed by atoms with Gasteiger partial charge in [0.05, 0.1) is 16.7 Å². The lowest BCUT2D eigenvalue weighted by Gasteiger charge is -1.92. The molecule has 1 N–H and O–H groups in total. The van der Waals surface area contributed by atoms with E-state index in [0.717, 1.165) is 21.9 Å². The molecule has 3 aromatic heterocycles. The van der Waals surface area contributed by atoms with Gasteiger partial charge in [-0.3, -0.25) is 0 Å². The number of aromatic amines is 1. The van der Waals surface area contributed by atoms with E-state index < -0.39 is 0 Å². The molecule has 0 aliphatic rings. The van der Waals surface area contributed by atoms with Crippen LogP contribution in [0, 0.1) is 12.3 Å². The summed E-state index contributed by atoms with van der Waals surface area (Å²) in [4.78, 5) is 11.5. The van der Waals surface area contributed by atoms with Crippen LogP contribution >= 0.6 is 11.6 Å². The van der Waals surface area contributed by atoms with Crippen molar-refractivity contribution in [3.8, 4) is 12.3 Å². The third kappa shape index (κ3) is 1.24. The van der Waals surface area contributed by atoms with Gasteiger partial charge in [-0.05, 0) is 12.1 Å². The quantitative estimate of drug-likeness (QED) is 0.600. The Morgan fingerprint density at radius 2 is 2.06 bits per heavy atom. The second-order valence-electron chi connectivity index (χ2n) is 3.43. The highest BCUT2D eigenvalue weighted by Crippen LogP contribution is 2.25. The molecule has 4 heteroatoms. The number of hydrogen-bond acceptors (Lipinski definition) is 2. The molecule has 3 heterocycles. The van der Waals surface area contributed by atoms with Crippen LogP contribution < -0.4 is 0 Å². The summed E-state index contributed by atoms with van der Waals surface area (Å²) in [6.07, 6.45) is 8.63. The van der Waals surface area contributed by atoms with Gasteiger partial charge in [0.15, 0.2) is 0 Å². The number of H-pyrrole nitrogens is 1. The van der Waals surface area contributed by atoms with Crippen molar-refractivity contribution in [3.05, 3.63) is 35.2 Å². The molecule has 0 atom stereocenters. The fraction of sp³-hybridized carbons (Fsp3) is 0. The van der Waals surface area contributed by atoms with Crippen LogP contribution in [0.15, 0.2) is 24.5 Å². The van der Waals surface area contributed by atoms with Crippen molar-refractivity contribution in [3.63, 3.8) is 0 Å². The van der Waals surface area contributed by atoms with E-state index >= 15 is 0 Å². The summed E-state index contributed by atoms with van der Waals surface area (Å²) >= 11 is 5.92. The van der Waals surface area contributed by atoms with E-state index in [9.17, 15) is 0 Å². The number of rotatable bonds is 0. The monoisotopic (exact) mass is 227 g/mol. The maximum Gasteiger partial charge on any atom is 0.138 e. The Morgan fingerprint density at radius 1 is 1.19 bits per heavy atom. The molecule has 16 heavy (non-hydrogen) atoms. The van der Waals surface area contributed by atoms with Gasteiger partial charge < -0.3 is 4.98 Å². The van der Waals surface area contributed by atoms with Crippen molar-refractivity contribution >= 4 is 33.5 Å². The Bertz CT molecular complexity index is 737. The first kappa shape index (κ1) is 9.20.